The molecule has 0 aliphatic heterocycles. The van der Waals surface area contributed by atoms with E-state index in [2.05, 4.69) is 5.32 Å². The summed E-state index contributed by atoms with van der Waals surface area (Å²) in [4.78, 5) is 37.5. The number of nitrogens with one attached hydrogen (secondary N) is 1. The van der Waals surface area contributed by atoms with E-state index >= 15 is 0 Å². The topological polar surface area (TPSA) is 113 Å². The highest BCUT2D eigenvalue weighted by atomic mass is 16.5. The van der Waals surface area contributed by atoms with Gasteiger partial charge in [-0.2, -0.15) is 0 Å². The summed E-state index contributed by atoms with van der Waals surface area (Å²) >= 11 is 0. The molecule has 9 heteroatoms. The molecule has 0 bridgehead atoms. The van der Waals surface area contributed by atoms with Gasteiger partial charge in [0, 0.05) is 5.56 Å². The molecule has 1 N–H and O–H groups in total. The zero-order valence-corrected chi connectivity index (χ0v) is 20.1. The molecule has 0 spiro atoms. The molecule has 0 fully saturated rings. The minimum Gasteiger partial charge on any atom is -0.497 e. The van der Waals surface area contributed by atoms with Gasteiger partial charge in [-0.3, -0.25) is 10.1 Å². The summed E-state index contributed by atoms with van der Waals surface area (Å²) in [5.41, 5.74) is 0.322. The number of methoxy groups -OCH3 is 1. The second-order valence-electron chi connectivity index (χ2n) is 8.13. The molecule has 1 aromatic carbocycles. The van der Waals surface area contributed by atoms with E-state index in [-0.39, 0.29) is 48.0 Å². The van der Waals surface area contributed by atoms with E-state index in [9.17, 15) is 14.4 Å². The van der Waals surface area contributed by atoms with Crippen LogP contribution in [-0.2, 0) is 19.7 Å². The average molecular weight is 462 g/mol. The van der Waals surface area contributed by atoms with E-state index < -0.39 is 17.8 Å². The Morgan fingerprint density at radius 3 is 2.15 bits per heavy atom. The maximum Gasteiger partial charge on any atom is 0.344 e. The first kappa shape index (κ1) is 25.8. The lowest BCUT2D eigenvalue weighted by Crippen LogP contribution is -2.23. The molecule has 33 heavy (non-hydrogen) atoms. The van der Waals surface area contributed by atoms with Gasteiger partial charge in [-0.25, -0.2) is 9.59 Å². The molecule has 0 atom stereocenters. The molecule has 0 saturated carbocycles. The number of anilines is 1. The molecular weight excluding hydrogens is 430 g/mol. The minimum atomic E-state index is -0.807. The third-order valence-corrected chi connectivity index (χ3v) is 4.65. The maximum absolute atomic E-state index is 12.6. The molecule has 0 radical (unpaired) electrons. The number of hydrogen-bond donors (Lipinski definition) is 1. The van der Waals surface area contributed by atoms with Crippen molar-refractivity contribution in [1.29, 1.82) is 0 Å². The van der Waals surface area contributed by atoms with Crippen LogP contribution in [0.5, 0.6) is 11.5 Å². The fraction of sp³-hybridized carbons (Fsp3) is 0.458. The summed E-state index contributed by atoms with van der Waals surface area (Å²) in [6.07, 6.45) is 0. The van der Waals surface area contributed by atoms with Crippen molar-refractivity contribution >= 4 is 23.7 Å². The van der Waals surface area contributed by atoms with Gasteiger partial charge < -0.3 is 23.4 Å². The van der Waals surface area contributed by atoms with Crippen LogP contribution in [0.25, 0.3) is 0 Å². The van der Waals surface area contributed by atoms with Crippen molar-refractivity contribution in [3.05, 3.63) is 40.6 Å². The van der Waals surface area contributed by atoms with E-state index in [1.807, 2.05) is 26.8 Å². The van der Waals surface area contributed by atoms with Gasteiger partial charge in [0.1, 0.15) is 28.4 Å². The van der Waals surface area contributed by atoms with E-state index in [1.165, 1.54) is 6.92 Å². The highest BCUT2D eigenvalue weighted by Gasteiger charge is 2.31. The summed E-state index contributed by atoms with van der Waals surface area (Å²) in [5.74, 6) is -1.02. The van der Waals surface area contributed by atoms with Gasteiger partial charge in [-0.15, -0.1) is 0 Å². The van der Waals surface area contributed by atoms with Crippen LogP contribution in [0.1, 0.15) is 66.7 Å². The van der Waals surface area contributed by atoms with Crippen LogP contribution < -0.4 is 14.8 Å². The summed E-state index contributed by atoms with van der Waals surface area (Å²) < 4.78 is 26.6. The summed E-state index contributed by atoms with van der Waals surface area (Å²) in [7, 11) is 1.58. The Balaban J connectivity index is 2.27. The predicted molar refractivity (Wildman–Crippen MR) is 121 cm³/mol. The highest BCUT2D eigenvalue weighted by Crippen LogP contribution is 2.34. The van der Waals surface area contributed by atoms with Crippen LogP contribution in [-0.4, -0.2) is 44.8 Å². The van der Waals surface area contributed by atoms with Crippen LogP contribution in [0, 0.1) is 6.92 Å². The Morgan fingerprint density at radius 2 is 1.61 bits per heavy atom. The second kappa shape index (κ2) is 10.9. The third-order valence-electron chi connectivity index (χ3n) is 4.65. The van der Waals surface area contributed by atoms with Crippen molar-refractivity contribution in [3.8, 4) is 11.5 Å². The number of amides is 1. The SMILES string of the molecule is CCOC(=O)c1c(C)oc(NC(=O)COc2ccc(OC)cc2C(C)(C)C)c1C(=O)OCC. The van der Waals surface area contributed by atoms with Gasteiger partial charge in [0.2, 0.25) is 5.88 Å². The largest absolute Gasteiger partial charge is 0.497 e. The molecule has 2 aromatic rings. The van der Waals surface area contributed by atoms with Gasteiger partial charge >= 0.3 is 11.9 Å². The van der Waals surface area contributed by atoms with Crippen molar-refractivity contribution in [1.82, 2.24) is 0 Å². The fourth-order valence-electron chi connectivity index (χ4n) is 3.13. The van der Waals surface area contributed by atoms with E-state index in [0.717, 1.165) is 5.56 Å². The number of hydrogen-bond acceptors (Lipinski definition) is 8. The minimum absolute atomic E-state index is 0.0782. The number of benzene rings is 1. The second-order valence-corrected chi connectivity index (χ2v) is 8.13. The first-order valence-corrected chi connectivity index (χ1v) is 10.6. The maximum atomic E-state index is 12.6. The lowest BCUT2D eigenvalue weighted by Gasteiger charge is -2.23. The monoisotopic (exact) mass is 461 g/mol. The van der Waals surface area contributed by atoms with Crippen LogP contribution in [0.15, 0.2) is 22.6 Å². The van der Waals surface area contributed by atoms with E-state index in [0.29, 0.717) is 11.5 Å². The smallest absolute Gasteiger partial charge is 0.344 e. The van der Waals surface area contributed by atoms with Crippen LogP contribution in [0.2, 0.25) is 0 Å². The molecule has 1 amide bonds. The molecule has 0 unspecified atom stereocenters. The number of furan rings is 1. The normalized spacial score (nSPS) is 11.0. The average Bonchev–Trinajstić information content (AvgIpc) is 3.07. The van der Waals surface area contributed by atoms with Crippen molar-refractivity contribution in [2.75, 3.05) is 32.2 Å². The van der Waals surface area contributed by atoms with E-state index in [4.69, 9.17) is 23.4 Å². The number of rotatable bonds is 9. The summed E-state index contributed by atoms with van der Waals surface area (Å²) in [6.45, 7) is 10.6. The number of carbonyl (C=O) groups excluding carboxylic acids is 3. The quantitative estimate of drug-likeness (QED) is 0.551. The van der Waals surface area contributed by atoms with Gasteiger partial charge in [0.05, 0.1) is 20.3 Å². The lowest BCUT2D eigenvalue weighted by atomic mass is 9.86. The molecule has 180 valence electrons. The Bertz CT molecular complexity index is 1020. The lowest BCUT2D eigenvalue weighted by molar-refractivity contribution is -0.118. The van der Waals surface area contributed by atoms with Crippen molar-refractivity contribution in [2.45, 2.75) is 47.0 Å². The molecule has 0 saturated heterocycles. The first-order chi connectivity index (χ1) is 15.5. The zero-order valence-electron chi connectivity index (χ0n) is 20.1. The van der Waals surface area contributed by atoms with Crippen LogP contribution in [0.4, 0.5) is 5.88 Å². The Morgan fingerprint density at radius 1 is 1.00 bits per heavy atom. The number of aryl methyl sites for hydroxylation is 1. The fourth-order valence-corrected chi connectivity index (χ4v) is 3.13. The predicted octanol–water partition coefficient (Wildman–Crippen LogP) is 4.27. The molecule has 0 aliphatic rings. The molecule has 1 aromatic heterocycles. The Labute approximate surface area is 193 Å². The number of carbonyl (C=O) groups is 3. The van der Waals surface area contributed by atoms with Gasteiger partial charge in [-0.05, 0) is 44.4 Å². The Hall–Kier alpha value is -3.49. The first-order valence-electron chi connectivity index (χ1n) is 10.6. The van der Waals surface area contributed by atoms with Crippen LogP contribution >= 0.6 is 0 Å². The van der Waals surface area contributed by atoms with Gasteiger partial charge in [-0.1, -0.05) is 20.8 Å². The van der Waals surface area contributed by atoms with Crippen LogP contribution in [0.3, 0.4) is 0 Å². The van der Waals surface area contributed by atoms with Crippen molar-refractivity contribution < 1.29 is 37.7 Å². The van der Waals surface area contributed by atoms with E-state index in [1.54, 1.807) is 33.1 Å². The summed E-state index contributed by atoms with van der Waals surface area (Å²) in [5, 5.41) is 2.50. The molecule has 9 nitrogen and oxygen atoms in total. The van der Waals surface area contributed by atoms with Gasteiger partial charge in [0.15, 0.2) is 6.61 Å². The summed E-state index contributed by atoms with van der Waals surface area (Å²) in [6, 6.07) is 5.32. The molecule has 2 rings (SSSR count). The number of esters is 2. The highest BCUT2D eigenvalue weighted by molar-refractivity contribution is 6.09. The third kappa shape index (κ3) is 6.27. The Kier molecular flexibility index (Phi) is 8.50. The molecular formula is C24H31NO8. The van der Waals surface area contributed by atoms with Crippen molar-refractivity contribution in [3.63, 3.8) is 0 Å². The van der Waals surface area contributed by atoms with Crippen molar-refractivity contribution in [2.24, 2.45) is 0 Å². The van der Waals surface area contributed by atoms with Gasteiger partial charge in [0.25, 0.3) is 5.91 Å². The zero-order chi connectivity index (χ0) is 24.8. The molecule has 0 aliphatic carbocycles. The number of ether oxygens (including phenoxy) is 4. The molecule has 1 heterocycles. The standard InChI is InChI=1S/C24H31NO8/c1-8-30-22(27)19-14(3)33-21(20(19)23(28)31-9-2)25-18(26)13-32-17-11-10-15(29-7)12-16(17)24(4,5)6/h10-12H,8-9,13H2,1-7H3,(H,25,26).